The average Bonchev–Trinajstić information content (AvgIpc) is 2.33. The largest absolute Gasteiger partial charge is 0.382 e. The molecule has 0 bridgehead atoms. The van der Waals surface area contributed by atoms with Gasteiger partial charge in [0, 0.05) is 11.9 Å². The lowest BCUT2D eigenvalue weighted by Crippen LogP contribution is -2.21. The summed E-state index contributed by atoms with van der Waals surface area (Å²) >= 11 is 3.86. The number of aryl methyl sites for hydroxylation is 1. The summed E-state index contributed by atoms with van der Waals surface area (Å²) in [7, 11) is 1.80. The molecular weight excluding hydrogens is 264 g/mol. The highest BCUT2D eigenvalue weighted by atomic mass is 79.9. The topological polar surface area (TPSA) is 9.23 Å². The lowest BCUT2D eigenvalue weighted by molar-refractivity contribution is 0.0923. The normalized spacial score (nSPS) is 26.2. The van der Waals surface area contributed by atoms with Crippen LogP contribution in [0.2, 0.25) is 0 Å². The number of alkyl halides is 1. The molecule has 2 rings (SSSR count). The molecule has 0 aromatic heterocycles. The summed E-state index contributed by atoms with van der Waals surface area (Å²) in [5.41, 5.74) is 2.98. The fourth-order valence-corrected chi connectivity index (χ4v) is 3.46. The maximum Gasteiger partial charge on any atom is 0.0546 e. The molecule has 2 heteroatoms. The molecule has 0 spiro atoms. The Kier molecular flexibility index (Phi) is 4.04. The number of ether oxygens (including phenoxy) is 1. The van der Waals surface area contributed by atoms with Gasteiger partial charge in [-0.05, 0) is 43.2 Å². The maximum atomic E-state index is 5.37. The van der Waals surface area contributed by atoms with Gasteiger partial charge in [-0.1, -0.05) is 40.2 Å². The summed E-state index contributed by atoms with van der Waals surface area (Å²) in [6.45, 7) is 2.15. The Morgan fingerprint density at radius 3 is 2.94 bits per heavy atom. The predicted octanol–water partition coefficient (Wildman–Crippen LogP) is 4.11. The standard InChI is InChI=1S/C14H19BrO/c1-10(16-2)9-12-8-7-11-5-3-4-6-13(11)14(12)15/h3-6,10,12,14H,7-9H2,1-2H3. The molecule has 0 amide bonds. The van der Waals surface area contributed by atoms with Crippen molar-refractivity contribution < 1.29 is 4.74 Å². The van der Waals surface area contributed by atoms with Gasteiger partial charge in [0.25, 0.3) is 0 Å². The lowest BCUT2D eigenvalue weighted by atomic mass is 9.81. The van der Waals surface area contributed by atoms with E-state index in [2.05, 4.69) is 47.1 Å². The molecule has 1 aromatic rings. The highest BCUT2D eigenvalue weighted by Gasteiger charge is 2.28. The van der Waals surface area contributed by atoms with Gasteiger partial charge in [-0.25, -0.2) is 0 Å². The minimum absolute atomic E-state index is 0.357. The third kappa shape index (κ3) is 2.49. The van der Waals surface area contributed by atoms with Crippen LogP contribution >= 0.6 is 15.9 Å². The van der Waals surface area contributed by atoms with E-state index in [1.807, 2.05) is 0 Å². The van der Waals surface area contributed by atoms with Crippen LogP contribution in [0.4, 0.5) is 0 Å². The summed E-state index contributed by atoms with van der Waals surface area (Å²) in [5.74, 6) is 0.699. The number of rotatable bonds is 3. The molecule has 0 N–H and O–H groups in total. The molecule has 1 aliphatic rings. The van der Waals surface area contributed by atoms with Gasteiger partial charge in [-0.3, -0.25) is 0 Å². The van der Waals surface area contributed by atoms with E-state index in [1.165, 1.54) is 24.0 Å². The number of hydrogen-bond donors (Lipinski definition) is 0. The van der Waals surface area contributed by atoms with E-state index < -0.39 is 0 Å². The second-order valence-corrected chi connectivity index (χ2v) is 5.67. The van der Waals surface area contributed by atoms with E-state index in [0.717, 1.165) is 6.42 Å². The first-order chi connectivity index (χ1) is 7.72. The Morgan fingerprint density at radius 2 is 2.19 bits per heavy atom. The predicted molar refractivity (Wildman–Crippen MR) is 71.0 cm³/mol. The zero-order chi connectivity index (χ0) is 11.5. The first-order valence-electron chi connectivity index (χ1n) is 5.97. The van der Waals surface area contributed by atoms with E-state index >= 15 is 0 Å². The minimum atomic E-state index is 0.357. The van der Waals surface area contributed by atoms with Crippen LogP contribution < -0.4 is 0 Å². The third-order valence-corrected chi connectivity index (χ3v) is 4.83. The smallest absolute Gasteiger partial charge is 0.0546 e. The van der Waals surface area contributed by atoms with Crippen LogP contribution in [0.3, 0.4) is 0 Å². The lowest BCUT2D eigenvalue weighted by Gasteiger charge is -2.31. The molecule has 3 atom stereocenters. The SMILES string of the molecule is COC(C)CC1CCc2ccccc2C1Br. The number of benzene rings is 1. The van der Waals surface area contributed by atoms with Crippen molar-refractivity contribution in [3.63, 3.8) is 0 Å². The van der Waals surface area contributed by atoms with Crippen molar-refractivity contribution >= 4 is 15.9 Å². The fraction of sp³-hybridized carbons (Fsp3) is 0.571. The first kappa shape index (κ1) is 12.1. The molecule has 0 saturated carbocycles. The van der Waals surface area contributed by atoms with Gasteiger partial charge < -0.3 is 4.74 Å². The van der Waals surface area contributed by atoms with Crippen LogP contribution in [0.25, 0.3) is 0 Å². The molecule has 3 unspecified atom stereocenters. The van der Waals surface area contributed by atoms with Crippen LogP contribution in [0.15, 0.2) is 24.3 Å². The van der Waals surface area contributed by atoms with Crippen molar-refractivity contribution in [1.82, 2.24) is 0 Å². The summed E-state index contributed by atoms with van der Waals surface area (Å²) < 4.78 is 5.37. The second-order valence-electron chi connectivity index (χ2n) is 4.68. The molecule has 88 valence electrons. The third-order valence-electron chi connectivity index (χ3n) is 3.59. The van der Waals surface area contributed by atoms with Crippen molar-refractivity contribution in [3.05, 3.63) is 35.4 Å². The summed E-state index contributed by atoms with van der Waals surface area (Å²) in [6.07, 6.45) is 3.97. The van der Waals surface area contributed by atoms with Crippen molar-refractivity contribution in [2.24, 2.45) is 5.92 Å². The molecule has 16 heavy (non-hydrogen) atoms. The molecule has 1 aromatic carbocycles. The van der Waals surface area contributed by atoms with Gasteiger partial charge >= 0.3 is 0 Å². The zero-order valence-corrected chi connectivity index (χ0v) is 11.5. The zero-order valence-electron chi connectivity index (χ0n) is 9.95. The van der Waals surface area contributed by atoms with E-state index in [9.17, 15) is 0 Å². The van der Waals surface area contributed by atoms with Crippen LogP contribution in [0, 0.1) is 5.92 Å². The van der Waals surface area contributed by atoms with Crippen molar-refractivity contribution in [3.8, 4) is 0 Å². The molecular formula is C14H19BrO. The summed E-state index contributed by atoms with van der Waals surface area (Å²) in [4.78, 5) is 0.495. The minimum Gasteiger partial charge on any atom is -0.382 e. The van der Waals surface area contributed by atoms with Crippen LogP contribution in [0.5, 0.6) is 0 Å². The molecule has 1 nitrogen and oxygen atoms in total. The van der Waals surface area contributed by atoms with Gasteiger partial charge in [-0.15, -0.1) is 0 Å². The number of methoxy groups -OCH3 is 1. The number of fused-ring (bicyclic) bond motifs is 1. The molecule has 0 aliphatic heterocycles. The van der Waals surface area contributed by atoms with Gasteiger partial charge in [-0.2, -0.15) is 0 Å². The Labute approximate surface area is 106 Å². The fourth-order valence-electron chi connectivity index (χ4n) is 2.53. The molecule has 0 fully saturated rings. The van der Waals surface area contributed by atoms with Gasteiger partial charge in [0.2, 0.25) is 0 Å². The van der Waals surface area contributed by atoms with E-state index in [4.69, 9.17) is 4.74 Å². The van der Waals surface area contributed by atoms with E-state index in [-0.39, 0.29) is 0 Å². The van der Waals surface area contributed by atoms with Crippen molar-refractivity contribution in [2.45, 2.75) is 37.1 Å². The Morgan fingerprint density at radius 1 is 1.44 bits per heavy atom. The van der Waals surface area contributed by atoms with Crippen LogP contribution in [0.1, 0.15) is 35.7 Å². The second kappa shape index (κ2) is 5.33. The molecule has 0 saturated heterocycles. The van der Waals surface area contributed by atoms with Crippen LogP contribution in [-0.2, 0) is 11.2 Å². The molecule has 0 heterocycles. The van der Waals surface area contributed by atoms with Gasteiger partial charge in [0.15, 0.2) is 0 Å². The quantitative estimate of drug-likeness (QED) is 0.758. The maximum absolute atomic E-state index is 5.37. The Balaban J connectivity index is 2.12. The monoisotopic (exact) mass is 282 g/mol. The van der Waals surface area contributed by atoms with Gasteiger partial charge in [0.05, 0.1) is 6.10 Å². The average molecular weight is 283 g/mol. The Hall–Kier alpha value is -0.340. The summed E-state index contributed by atoms with van der Waals surface area (Å²) in [6, 6.07) is 8.77. The highest BCUT2D eigenvalue weighted by molar-refractivity contribution is 9.09. The number of halogens is 1. The molecule has 0 radical (unpaired) electrons. The van der Waals surface area contributed by atoms with Crippen LogP contribution in [-0.4, -0.2) is 13.2 Å². The van der Waals surface area contributed by atoms with E-state index in [1.54, 1.807) is 7.11 Å². The first-order valence-corrected chi connectivity index (χ1v) is 6.88. The van der Waals surface area contributed by atoms with Crippen molar-refractivity contribution in [1.29, 1.82) is 0 Å². The molecule has 1 aliphatic carbocycles. The highest BCUT2D eigenvalue weighted by Crippen LogP contribution is 2.42. The van der Waals surface area contributed by atoms with Gasteiger partial charge in [0.1, 0.15) is 0 Å². The summed E-state index contributed by atoms with van der Waals surface area (Å²) in [5, 5.41) is 0. The van der Waals surface area contributed by atoms with E-state index in [0.29, 0.717) is 16.8 Å². The number of hydrogen-bond acceptors (Lipinski definition) is 1. The van der Waals surface area contributed by atoms with Crippen molar-refractivity contribution in [2.75, 3.05) is 7.11 Å². The Bertz CT molecular complexity index is 350.